The first-order valence-corrected chi connectivity index (χ1v) is 2.77. The highest BCUT2D eigenvalue weighted by Crippen LogP contribution is 2.03. The molecule has 1 unspecified atom stereocenters. The standard InChI is InChI=1S/C5H9NO2.Mg.2H/c7-5(8)4-2-1-3-6-4;;;/h4,6H,1-3H2,(H,7,8);;;. The van der Waals surface area contributed by atoms with Crippen LogP contribution in [0.15, 0.2) is 0 Å². The zero-order chi connectivity index (χ0) is 5.98. The fraction of sp³-hybridized carbons (Fsp3) is 0.800. The molecule has 0 saturated carbocycles. The second kappa shape index (κ2) is 4.08. The molecule has 0 radical (unpaired) electrons. The molecule has 0 spiro atoms. The molecule has 2 N–H and O–H groups in total. The van der Waals surface area contributed by atoms with Crippen molar-refractivity contribution in [3.8, 4) is 0 Å². The van der Waals surface area contributed by atoms with Gasteiger partial charge in [0, 0.05) is 0 Å². The maximum Gasteiger partial charge on any atom is 0.320 e. The number of hydrogen-bond donors (Lipinski definition) is 2. The second-order valence-corrected chi connectivity index (χ2v) is 1.99. The molecule has 1 aliphatic rings. The monoisotopic (exact) mass is 141 g/mol. The smallest absolute Gasteiger partial charge is 0.320 e. The highest BCUT2D eigenvalue weighted by molar-refractivity contribution is 5.75. The summed E-state index contributed by atoms with van der Waals surface area (Å²) >= 11 is 0. The van der Waals surface area contributed by atoms with Gasteiger partial charge in [0.25, 0.3) is 0 Å². The normalized spacial score (nSPS) is 25.1. The van der Waals surface area contributed by atoms with Crippen molar-refractivity contribution in [3.63, 3.8) is 0 Å². The van der Waals surface area contributed by atoms with Gasteiger partial charge in [-0.05, 0) is 19.4 Å². The van der Waals surface area contributed by atoms with E-state index in [0.717, 1.165) is 19.4 Å². The molecule has 1 aliphatic heterocycles. The summed E-state index contributed by atoms with van der Waals surface area (Å²) in [6.45, 7) is 0.858. The van der Waals surface area contributed by atoms with Gasteiger partial charge in [-0.2, -0.15) is 0 Å². The average Bonchev–Trinajstić information content (AvgIpc) is 2.12. The van der Waals surface area contributed by atoms with Gasteiger partial charge in [0.05, 0.1) is 0 Å². The first-order valence-electron chi connectivity index (χ1n) is 2.77. The number of hydrogen-bond acceptors (Lipinski definition) is 2. The van der Waals surface area contributed by atoms with Crippen molar-refractivity contribution in [1.82, 2.24) is 5.32 Å². The van der Waals surface area contributed by atoms with Crippen molar-refractivity contribution in [2.45, 2.75) is 18.9 Å². The van der Waals surface area contributed by atoms with Crippen molar-refractivity contribution < 1.29 is 9.90 Å². The summed E-state index contributed by atoms with van der Waals surface area (Å²) in [5, 5.41) is 11.2. The Morgan fingerprint density at radius 2 is 2.33 bits per heavy atom. The van der Waals surface area contributed by atoms with Gasteiger partial charge >= 0.3 is 29.0 Å². The van der Waals surface area contributed by atoms with E-state index < -0.39 is 5.97 Å². The van der Waals surface area contributed by atoms with Gasteiger partial charge in [-0.3, -0.25) is 4.79 Å². The average molecular weight is 141 g/mol. The Hall–Kier alpha value is 0.196. The quantitative estimate of drug-likeness (QED) is 0.456. The summed E-state index contributed by atoms with van der Waals surface area (Å²) in [4.78, 5) is 10.1. The Balaban J connectivity index is 0.000000640. The van der Waals surface area contributed by atoms with E-state index >= 15 is 0 Å². The van der Waals surface area contributed by atoms with E-state index in [0.29, 0.717) is 0 Å². The number of carboxylic acids is 1. The van der Waals surface area contributed by atoms with E-state index in [1.165, 1.54) is 0 Å². The third-order valence-electron chi connectivity index (χ3n) is 1.36. The molecule has 0 bridgehead atoms. The molecular formula is C5H11MgNO2. The zero-order valence-corrected chi connectivity index (χ0v) is 4.55. The van der Waals surface area contributed by atoms with Crippen molar-refractivity contribution in [2.75, 3.05) is 6.54 Å². The molecule has 9 heavy (non-hydrogen) atoms. The molecular weight excluding hydrogens is 130 g/mol. The molecule has 3 nitrogen and oxygen atoms in total. The van der Waals surface area contributed by atoms with Gasteiger partial charge in [-0.1, -0.05) is 0 Å². The molecule has 1 rings (SSSR count). The Labute approximate surface area is 70.0 Å². The van der Waals surface area contributed by atoms with Crippen molar-refractivity contribution >= 4 is 29.0 Å². The lowest BCUT2D eigenvalue weighted by molar-refractivity contribution is -0.139. The van der Waals surface area contributed by atoms with Crippen molar-refractivity contribution in [2.24, 2.45) is 0 Å². The van der Waals surface area contributed by atoms with E-state index in [9.17, 15) is 4.79 Å². The molecule has 0 aromatic carbocycles. The van der Waals surface area contributed by atoms with E-state index in [2.05, 4.69) is 5.32 Å². The molecule has 1 fully saturated rings. The number of aliphatic carboxylic acids is 1. The first-order chi connectivity index (χ1) is 3.80. The lowest BCUT2D eigenvalue weighted by atomic mass is 10.2. The van der Waals surface area contributed by atoms with E-state index in [1.54, 1.807) is 0 Å². The molecule has 50 valence electrons. The summed E-state index contributed by atoms with van der Waals surface area (Å²) in [5.74, 6) is -0.720. The second-order valence-electron chi connectivity index (χ2n) is 1.99. The molecule has 0 amide bonds. The maximum absolute atomic E-state index is 10.1. The SMILES string of the molecule is O=C(O)C1CCCN1.[MgH2]. The maximum atomic E-state index is 10.1. The Morgan fingerprint density at radius 1 is 1.67 bits per heavy atom. The minimum Gasteiger partial charge on any atom is -0.480 e. The highest BCUT2D eigenvalue weighted by atomic mass is 24.3. The van der Waals surface area contributed by atoms with Crippen LogP contribution in [0.25, 0.3) is 0 Å². The summed E-state index contributed by atoms with van der Waals surface area (Å²) in [6.07, 6.45) is 1.78. The Bertz CT molecular complexity index is 101. The van der Waals surface area contributed by atoms with Crippen LogP contribution in [0.1, 0.15) is 12.8 Å². The van der Waals surface area contributed by atoms with Crippen LogP contribution >= 0.6 is 0 Å². The number of carboxylic acid groups (broad SMARTS) is 1. The summed E-state index contributed by atoms with van der Waals surface area (Å²) in [5.41, 5.74) is 0. The van der Waals surface area contributed by atoms with Gasteiger partial charge in [0.1, 0.15) is 6.04 Å². The fourth-order valence-electron chi connectivity index (χ4n) is 0.895. The largest absolute Gasteiger partial charge is 0.480 e. The van der Waals surface area contributed by atoms with Crippen LogP contribution < -0.4 is 5.32 Å². The minimum absolute atomic E-state index is 0. The van der Waals surface area contributed by atoms with Crippen molar-refractivity contribution in [3.05, 3.63) is 0 Å². The van der Waals surface area contributed by atoms with Gasteiger partial charge in [-0.25, -0.2) is 0 Å². The highest BCUT2D eigenvalue weighted by Gasteiger charge is 2.20. The molecule has 1 atom stereocenters. The van der Waals surface area contributed by atoms with Gasteiger partial charge in [0.2, 0.25) is 0 Å². The third kappa shape index (κ3) is 2.51. The van der Waals surface area contributed by atoms with Crippen LogP contribution in [0.2, 0.25) is 0 Å². The Morgan fingerprint density at radius 3 is 2.56 bits per heavy atom. The lowest BCUT2D eigenvalue weighted by Crippen LogP contribution is -2.29. The molecule has 0 aromatic rings. The molecule has 1 saturated heterocycles. The van der Waals surface area contributed by atoms with Crippen LogP contribution in [-0.4, -0.2) is 46.7 Å². The van der Waals surface area contributed by atoms with Gasteiger partial charge in [-0.15, -0.1) is 0 Å². The van der Waals surface area contributed by atoms with Crippen LogP contribution in [0.5, 0.6) is 0 Å². The molecule has 0 aromatic heterocycles. The fourth-order valence-corrected chi connectivity index (χ4v) is 0.895. The van der Waals surface area contributed by atoms with E-state index in [1.807, 2.05) is 0 Å². The molecule has 4 heteroatoms. The number of nitrogens with one attached hydrogen (secondary N) is 1. The zero-order valence-electron chi connectivity index (χ0n) is 4.55. The third-order valence-corrected chi connectivity index (χ3v) is 1.36. The molecule has 1 heterocycles. The number of rotatable bonds is 1. The van der Waals surface area contributed by atoms with Crippen LogP contribution in [0, 0.1) is 0 Å². The summed E-state index contributed by atoms with van der Waals surface area (Å²) < 4.78 is 0. The van der Waals surface area contributed by atoms with Crippen LogP contribution in [-0.2, 0) is 4.79 Å². The van der Waals surface area contributed by atoms with Gasteiger partial charge < -0.3 is 10.4 Å². The van der Waals surface area contributed by atoms with Crippen LogP contribution in [0.3, 0.4) is 0 Å². The first kappa shape index (κ1) is 9.20. The van der Waals surface area contributed by atoms with Crippen molar-refractivity contribution in [1.29, 1.82) is 0 Å². The topological polar surface area (TPSA) is 49.3 Å². The van der Waals surface area contributed by atoms with E-state index in [4.69, 9.17) is 5.11 Å². The Kier molecular flexibility index (Phi) is 4.17. The predicted molar refractivity (Wildman–Crippen MR) is 37.2 cm³/mol. The lowest BCUT2D eigenvalue weighted by Gasteiger charge is -1.99. The van der Waals surface area contributed by atoms with Crippen LogP contribution in [0.4, 0.5) is 0 Å². The number of carbonyl (C=O) groups is 1. The minimum atomic E-state index is -0.720. The summed E-state index contributed by atoms with van der Waals surface area (Å²) in [6, 6.07) is -0.269. The summed E-state index contributed by atoms with van der Waals surface area (Å²) in [7, 11) is 0. The van der Waals surface area contributed by atoms with E-state index in [-0.39, 0.29) is 29.1 Å². The van der Waals surface area contributed by atoms with Gasteiger partial charge in [0.15, 0.2) is 0 Å². The molecule has 0 aliphatic carbocycles. The predicted octanol–water partition coefficient (Wildman–Crippen LogP) is -1.09.